The van der Waals surface area contributed by atoms with Crippen molar-refractivity contribution in [3.8, 4) is 17.2 Å². The number of methoxy groups -OCH3 is 1. The summed E-state index contributed by atoms with van der Waals surface area (Å²) in [5.74, 6) is -1.27. The summed E-state index contributed by atoms with van der Waals surface area (Å²) < 4.78 is 16.6. The molecule has 0 aliphatic heterocycles. The fraction of sp³-hybridized carbons (Fsp3) is 0.435. The van der Waals surface area contributed by atoms with Crippen molar-refractivity contribution in [2.45, 2.75) is 46.3 Å². The number of benzene rings is 1. The van der Waals surface area contributed by atoms with E-state index in [0.717, 1.165) is 0 Å². The summed E-state index contributed by atoms with van der Waals surface area (Å²) >= 11 is 5.91. The Morgan fingerprint density at radius 1 is 1.10 bits per heavy atom. The van der Waals surface area contributed by atoms with Crippen LogP contribution in [0.3, 0.4) is 0 Å². The highest BCUT2D eigenvalue weighted by atomic mass is 35.5. The summed E-state index contributed by atoms with van der Waals surface area (Å²) in [7, 11) is 1.38. The van der Waals surface area contributed by atoms with Crippen molar-refractivity contribution in [3.05, 3.63) is 47.2 Å². The van der Waals surface area contributed by atoms with Gasteiger partial charge in [-0.25, -0.2) is 4.98 Å². The summed E-state index contributed by atoms with van der Waals surface area (Å²) in [6.07, 6.45) is 0.253. The maximum absolute atomic E-state index is 12.6. The predicted molar refractivity (Wildman–Crippen MR) is 117 cm³/mol. The molecule has 1 aromatic carbocycles. The summed E-state index contributed by atoms with van der Waals surface area (Å²) in [5.41, 5.74) is -0.141. The second-order valence-corrected chi connectivity index (χ2v) is 8.10. The third-order valence-corrected chi connectivity index (χ3v) is 5.02. The van der Waals surface area contributed by atoms with Crippen molar-refractivity contribution in [2.75, 3.05) is 7.11 Å². The zero-order valence-corrected chi connectivity index (χ0v) is 19.1. The van der Waals surface area contributed by atoms with Crippen molar-refractivity contribution in [1.82, 2.24) is 4.98 Å². The number of rotatable bonds is 10. The number of nitrogens with zero attached hydrogens (tertiary/aromatic N) is 1. The van der Waals surface area contributed by atoms with Gasteiger partial charge in [0.15, 0.2) is 23.0 Å². The lowest BCUT2D eigenvalue weighted by molar-refractivity contribution is -0.158. The van der Waals surface area contributed by atoms with E-state index in [0.29, 0.717) is 10.8 Å². The molecule has 0 aliphatic rings. The Morgan fingerprint density at radius 2 is 1.74 bits per heavy atom. The number of aromatic nitrogens is 1. The average molecular weight is 450 g/mol. The van der Waals surface area contributed by atoms with Crippen LogP contribution in [0.2, 0.25) is 5.02 Å². The molecular weight excluding hydrogens is 422 g/mol. The summed E-state index contributed by atoms with van der Waals surface area (Å²) in [4.78, 5) is 29.0. The number of ether oxygens (including phenoxy) is 3. The largest absolute Gasteiger partial charge is 0.503 e. The molecule has 0 radical (unpaired) electrons. The van der Waals surface area contributed by atoms with E-state index in [2.05, 4.69) is 4.98 Å². The Morgan fingerprint density at radius 3 is 2.32 bits per heavy atom. The van der Waals surface area contributed by atoms with Gasteiger partial charge in [-0.05, 0) is 37.1 Å². The number of Topliss-reactive ketones (excluding diaryl/α,β-unsaturated/α-hetero) is 1. The molecule has 0 unspecified atom stereocenters. The van der Waals surface area contributed by atoms with Gasteiger partial charge in [0.2, 0.25) is 0 Å². The van der Waals surface area contributed by atoms with Gasteiger partial charge < -0.3 is 19.3 Å². The van der Waals surface area contributed by atoms with Gasteiger partial charge in [0.25, 0.3) is 0 Å². The number of hydrogen-bond donors (Lipinski definition) is 1. The van der Waals surface area contributed by atoms with Crippen LogP contribution in [0.25, 0.3) is 0 Å². The molecule has 0 amide bonds. The van der Waals surface area contributed by atoms with Gasteiger partial charge >= 0.3 is 5.97 Å². The van der Waals surface area contributed by atoms with Crippen LogP contribution in [0.15, 0.2) is 36.5 Å². The van der Waals surface area contributed by atoms with E-state index in [1.54, 1.807) is 38.1 Å². The molecule has 1 aromatic heterocycles. The van der Waals surface area contributed by atoms with Gasteiger partial charge in [-0.15, -0.1) is 0 Å². The zero-order valence-electron chi connectivity index (χ0n) is 18.3. The Kier molecular flexibility index (Phi) is 8.68. The molecule has 168 valence electrons. The van der Waals surface area contributed by atoms with E-state index in [9.17, 15) is 14.7 Å². The van der Waals surface area contributed by atoms with Crippen LogP contribution < -0.4 is 9.47 Å². The maximum Gasteiger partial charge on any atom is 0.309 e. The number of carbonyl (C=O) groups excluding carboxylic acids is 2. The minimum Gasteiger partial charge on any atom is -0.503 e. The van der Waals surface area contributed by atoms with Gasteiger partial charge in [0.1, 0.15) is 18.0 Å². The molecule has 7 nitrogen and oxygen atoms in total. The Labute approximate surface area is 187 Å². The highest BCUT2D eigenvalue weighted by Crippen LogP contribution is 2.29. The van der Waals surface area contributed by atoms with Crippen LogP contribution in [0.5, 0.6) is 17.2 Å². The molecule has 0 fully saturated rings. The second kappa shape index (κ2) is 11.0. The molecule has 0 bridgehead atoms. The van der Waals surface area contributed by atoms with E-state index in [1.165, 1.54) is 19.4 Å². The normalized spacial score (nSPS) is 13.9. The van der Waals surface area contributed by atoms with Crippen molar-refractivity contribution in [2.24, 2.45) is 11.8 Å². The van der Waals surface area contributed by atoms with Crippen LogP contribution in [-0.2, 0) is 9.53 Å². The number of halogens is 1. The fourth-order valence-electron chi connectivity index (χ4n) is 3.07. The molecule has 0 spiro atoms. The highest BCUT2D eigenvalue weighted by molar-refractivity contribution is 6.30. The Bertz CT molecular complexity index is 899. The molecule has 0 aliphatic carbocycles. The SMILES string of the molecule is COc1ccnc(C(=O)C[C@@H](C)C(=O)O[C@@H](C)[C@H](Oc2ccc(Cl)cc2)C(C)C)c1O. The molecule has 0 saturated carbocycles. The van der Waals surface area contributed by atoms with Crippen LogP contribution in [-0.4, -0.2) is 41.2 Å². The van der Waals surface area contributed by atoms with Crippen LogP contribution in [0.4, 0.5) is 0 Å². The standard InChI is InChI=1S/C23H28ClNO6/c1-13(2)22(31-17-8-6-16(24)7-9-17)15(4)30-23(28)14(3)12-18(26)20-21(27)19(29-5)10-11-25-20/h6-11,13-15,22,27H,12H2,1-5H3/t14-,15+,22-/m1/s1. The number of ketones is 1. The smallest absolute Gasteiger partial charge is 0.309 e. The van der Waals surface area contributed by atoms with Gasteiger partial charge in [0, 0.05) is 23.7 Å². The van der Waals surface area contributed by atoms with Gasteiger partial charge in [-0.3, -0.25) is 9.59 Å². The maximum atomic E-state index is 12.6. The van der Waals surface area contributed by atoms with Gasteiger partial charge in [0.05, 0.1) is 13.0 Å². The predicted octanol–water partition coefficient (Wildman–Crippen LogP) is 4.69. The quantitative estimate of drug-likeness (QED) is 0.415. The van der Waals surface area contributed by atoms with Crippen LogP contribution in [0, 0.1) is 11.8 Å². The molecule has 1 heterocycles. The Balaban J connectivity index is 2.01. The van der Waals surface area contributed by atoms with Crippen molar-refractivity contribution in [3.63, 3.8) is 0 Å². The molecule has 3 atom stereocenters. The third-order valence-electron chi connectivity index (χ3n) is 4.77. The molecule has 2 aromatic rings. The summed E-state index contributed by atoms with van der Waals surface area (Å²) in [6, 6.07) is 8.39. The number of esters is 1. The van der Waals surface area contributed by atoms with Crippen LogP contribution >= 0.6 is 11.6 Å². The van der Waals surface area contributed by atoms with E-state index < -0.39 is 29.9 Å². The van der Waals surface area contributed by atoms with E-state index in [4.69, 9.17) is 25.8 Å². The zero-order chi connectivity index (χ0) is 23.1. The first-order chi connectivity index (χ1) is 14.6. The van der Waals surface area contributed by atoms with Crippen molar-refractivity contribution in [1.29, 1.82) is 0 Å². The lowest BCUT2D eigenvalue weighted by Crippen LogP contribution is -2.38. The lowest BCUT2D eigenvalue weighted by atomic mass is 10.0. The minimum absolute atomic E-state index is 0.0633. The molecule has 31 heavy (non-hydrogen) atoms. The molecule has 2 rings (SSSR count). The van der Waals surface area contributed by atoms with Crippen LogP contribution in [0.1, 0.15) is 44.6 Å². The number of carbonyl (C=O) groups is 2. The van der Waals surface area contributed by atoms with E-state index >= 15 is 0 Å². The monoisotopic (exact) mass is 449 g/mol. The second-order valence-electron chi connectivity index (χ2n) is 7.66. The van der Waals surface area contributed by atoms with E-state index in [1.807, 2.05) is 13.8 Å². The number of aromatic hydroxyl groups is 1. The molecule has 1 N–H and O–H groups in total. The first-order valence-electron chi connectivity index (χ1n) is 10.0. The van der Waals surface area contributed by atoms with Crippen molar-refractivity contribution >= 4 is 23.4 Å². The van der Waals surface area contributed by atoms with Gasteiger partial charge in [-0.1, -0.05) is 32.4 Å². The Hall–Kier alpha value is -2.80. The van der Waals surface area contributed by atoms with Gasteiger partial charge in [-0.2, -0.15) is 0 Å². The minimum atomic E-state index is -0.731. The third kappa shape index (κ3) is 6.59. The summed E-state index contributed by atoms with van der Waals surface area (Å²) in [5, 5.41) is 10.7. The lowest BCUT2D eigenvalue weighted by Gasteiger charge is -2.29. The topological polar surface area (TPSA) is 95.0 Å². The first-order valence-corrected chi connectivity index (χ1v) is 10.4. The first kappa shape index (κ1) is 24.5. The fourth-order valence-corrected chi connectivity index (χ4v) is 3.20. The van der Waals surface area contributed by atoms with E-state index in [-0.39, 0.29) is 29.5 Å². The molecule has 8 heteroatoms. The van der Waals surface area contributed by atoms with Crippen molar-refractivity contribution < 1.29 is 28.9 Å². The number of hydrogen-bond acceptors (Lipinski definition) is 7. The summed E-state index contributed by atoms with van der Waals surface area (Å²) in [6.45, 7) is 7.28. The molecule has 0 saturated heterocycles. The average Bonchev–Trinajstić information content (AvgIpc) is 2.72. The highest BCUT2D eigenvalue weighted by Gasteiger charge is 2.29. The number of pyridine rings is 1. The molecular formula is C23H28ClNO6.